The van der Waals surface area contributed by atoms with Gasteiger partial charge in [-0.15, -0.1) is 5.10 Å². The van der Waals surface area contributed by atoms with Crippen LogP contribution in [-0.2, 0) is 0 Å². The van der Waals surface area contributed by atoms with E-state index < -0.39 is 0 Å². The van der Waals surface area contributed by atoms with E-state index >= 15 is 0 Å². The lowest BCUT2D eigenvalue weighted by atomic mass is 9.98. The maximum absolute atomic E-state index is 10.1. The fourth-order valence-corrected chi connectivity index (χ4v) is 3.81. The molecule has 5 rings (SSSR count). The maximum Gasteiger partial charge on any atom is 0.124 e. The van der Waals surface area contributed by atoms with Gasteiger partial charge in [-0.3, -0.25) is 0 Å². The molecule has 1 atom stereocenters. The molecule has 0 aliphatic carbocycles. The number of para-hydroxylation sites is 1. The van der Waals surface area contributed by atoms with Gasteiger partial charge in [0.2, 0.25) is 0 Å². The zero-order valence-electron chi connectivity index (χ0n) is 14.7. The lowest BCUT2D eigenvalue weighted by Gasteiger charge is -2.11. The summed E-state index contributed by atoms with van der Waals surface area (Å²) < 4.78 is 2.75. The van der Waals surface area contributed by atoms with E-state index in [1.165, 1.54) is 0 Å². The Labute approximate surface area is 169 Å². The number of hydrogen-bond acceptors (Lipinski definition) is 5. The van der Waals surface area contributed by atoms with Gasteiger partial charge in [0.25, 0.3) is 0 Å². The van der Waals surface area contributed by atoms with E-state index in [1.54, 1.807) is 6.07 Å². The van der Waals surface area contributed by atoms with E-state index in [9.17, 15) is 5.11 Å². The Morgan fingerprint density at radius 2 is 1.86 bits per heavy atom. The number of nitrogens with one attached hydrogen (secondary N) is 1. The molecule has 0 bridgehead atoms. The van der Waals surface area contributed by atoms with Crippen molar-refractivity contribution in [1.82, 2.24) is 20.4 Å². The van der Waals surface area contributed by atoms with Crippen LogP contribution in [0.5, 0.6) is 5.75 Å². The lowest BCUT2D eigenvalue weighted by Crippen LogP contribution is -2.10. The van der Waals surface area contributed by atoms with Gasteiger partial charge in [-0.05, 0) is 48.0 Å². The van der Waals surface area contributed by atoms with Gasteiger partial charge in [-0.1, -0.05) is 45.4 Å². The summed E-state index contributed by atoms with van der Waals surface area (Å²) in [6.07, 6.45) is 0.704. The predicted octanol–water partition coefficient (Wildman–Crippen LogP) is 4.33. The molecule has 2 N–H and O–H groups in total. The van der Waals surface area contributed by atoms with Crippen molar-refractivity contribution >= 4 is 32.7 Å². The number of nitrogens with zero attached hydrogens (tertiary/aromatic N) is 4. The minimum absolute atomic E-state index is 0.0647. The highest BCUT2D eigenvalue weighted by Gasteiger charge is 2.23. The second kappa shape index (κ2) is 6.76. The monoisotopic (exact) mass is 433 g/mol. The van der Waals surface area contributed by atoms with Crippen LogP contribution in [-0.4, -0.2) is 25.8 Å². The number of fused-ring (bicyclic) bond motifs is 1. The van der Waals surface area contributed by atoms with Crippen LogP contribution in [0.1, 0.15) is 23.6 Å². The first kappa shape index (κ1) is 16.9. The Morgan fingerprint density at radius 3 is 2.71 bits per heavy atom. The summed E-state index contributed by atoms with van der Waals surface area (Å²) in [5.41, 5.74) is 8.70. The van der Waals surface area contributed by atoms with Crippen LogP contribution in [0.4, 0.5) is 0 Å². The molecule has 138 valence electrons. The van der Waals surface area contributed by atoms with Crippen LogP contribution >= 0.6 is 15.9 Å². The van der Waals surface area contributed by atoms with Crippen molar-refractivity contribution in [3.05, 3.63) is 82.3 Å². The Bertz CT molecular complexity index is 1200. The third-order valence-corrected chi connectivity index (χ3v) is 5.41. The molecule has 28 heavy (non-hydrogen) atoms. The number of hydrazone groups is 1. The normalized spacial score (nSPS) is 16.2. The molecular weight excluding hydrogens is 418 g/mol. The highest BCUT2D eigenvalue weighted by Crippen LogP contribution is 2.30. The van der Waals surface area contributed by atoms with E-state index in [2.05, 4.69) is 48.9 Å². The number of phenolic OH excluding ortho intramolecular Hbond substituents is 1. The summed E-state index contributed by atoms with van der Waals surface area (Å²) in [7, 11) is 0. The maximum atomic E-state index is 10.1. The number of aromatic hydroxyl groups is 1. The third-order valence-electron chi connectivity index (χ3n) is 4.91. The Hall–Kier alpha value is -3.19. The molecule has 0 fully saturated rings. The summed E-state index contributed by atoms with van der Waals surface area (Å²) >= 11 is 3.45. The largest absolute Gasteiger partial charge is 0.507 e. The van der Waals surface area contributed by atoms with Gasteiger partial charge in [-0.25, -0.2) is 4.68 Å². The Morgan fingerprint density at radius 1 is 1.04 bits per heavy atom. The molecule has 0 spiro atoms. The summed E-state index contributed by atoms with van der Waals surface area (Å²) in [5, 5.41) is 23.0. The fraction of sp³-hybridized carbons (Fsp3) is 0.0952. The van der Waals surface area contributed by atoms with Gasteiger partial charge >= 0.3 is 0 Å². The smallest absolute Gasteiger partial charge is 0.124 e. The van der Waals surface area contributed by atoms with Crippen molar-refractivity contribution in [1.29, 1.82) is 0 Å². The number of aromatic nitrogens is 3. The van der Waals surface area contributed by atoms with Gasteiger partial charge in [0.15, 0.2) is 0 Å². The molecule has 1 aliphatic heterocycles. The number of benzene rings is 3. The van der Waals surface area contributed by atoms with Crippen molar-refractivity contribution < 1.29 is 5.11 Å². The van der Waals surface area contributed by atoms with Gasteiger partial charge in [0.05, 0.1) is 23.0 Å². The van der Waals surface area contributed by atoms with Crippen LogP contribution in [0.25, 0.3) is 16.7 Å². The molecule has 0 amide bonds. The second-order valence-electron chi connectivity index (χ2n) is 6.69. The topological polar surface area (TPSA) is 75.3 Å². The predicted molar refractivity (Wildman–Crippen MR) is 112 cm³/mol. The second-order valence-corrected chi connectivity index (χ2v) is 7.60. The van der Waals surface area contributed by atoms with E-state index in [0.29, 0.717) is 6.42 Å². The fourth-order valence-electron chi connectivity index (χ4n) is 3.45. The Kier molecular flexibility index (Phi) is 4.09. The SMILES string of the molecule is Oc1ccc(Br)cc1C1=NNC(c2ccc(-n3nnc4ccccc43)cc2)C1. The third kappa shape index (κ3) is 2.93. The minimum atomic E-state index is 0.0647. The molecule has 3 aromatic carbocycles. The zero-order valence-corrected chi connectivity index (χ0v) is 16.3. The average Bonchev–Trinajstić information content (AvgIpc) is 3.37. The summed E-state index contributed by atoms with van der Waals surface area (Å²) in [4.78, 5) is 0. The van der Waals surface area contributed by atoms with Gasteiger partial charge in [0, 0.05) is 16.5 Å². The van der Waals surface area contributed by atoms with Crippen LogP contribution in [0.2, 0.25) is 0 Å². The standard InChI is InChI=1S/C21H16BrN5O/c22-14-7-10-21(28)16(11-14)19-12-18(23-24-19)13-5-8-15(9-6-13)27-20-4-2-1-3-17(20)25-26-27/h1-11,18,23,28H,12H2. The molecule has 0 radical (unpaired) electrons. The molecular formula is C21H16BrN5O. The van der Waals surface area contributed by atoms with Crippen molar-refractivity contribution in [2.24, 2.45) is 5.10 Å². The van der Waals surface area contributed by atoms with Crippen molar-refractivity contribution in [2.75, 3.05) is 0 Å². The van der Waals surface area contributed by atoms with Crippen molar-refractivity contribution in [2.45, 2.75) is 12.5 Å². The molecule has 1 unspecified atom stereocenters. The van der Waals surface area contributed by atoms with E-state index in [0.717, 1.165) is 38.0 Å². The van der Waals surface area contributed by atoms with Gasteiger partial charge in [0.1, 0.15) is 11.3 Å². The number of hydrogen-bond donors (Lipinski definition) is 2. The van der Waals surface area contributed by atoms with E-state index in [1.807, 2.05) is 53.2 Å². The average molecular weight is 434 g/mol. The first-order valence-corrected chi connectivity index (χ1v) is 9.70. The lowest BCUT2D eigenvalue weighted by molar-refractivity contribution is 0.474. The Balaban J connectivity index is 1.38. The van der Waals surface area contributed by atoms with Crippen LogP contribution in [0.3, 0.4) is 0 Å². The summed E-state index contributed by atoms with van der Waals surface area (Å²) in [6.45, 7) is 0. The molecule has 0 saturated carbocycles. The summed E-state index contributed by atoms with van der Waals surface area (Å²) in [6, 6.07) is 21.5. The van der Waals surface area contributed by atoms with E-state index in [-0.39, 0.29) is 11.8 Å². The molecule has 1 aromatic heterocycles. The van der Waals surface area contributed by atoms with E-state index in [4.69, 9.17) is 0 Å². The van der Waals surface area contributed by atoms with Crippen LogP contribution in [0.15, 0.2) is 76.3 Å². The van der Waals surface area contributed by atoms with Gasteiger partial charge < -0.3 is 10.5 Å². The minimum Gasteiger partial charge on any atom is -0.507 e. The van der Waals surface area contributed by atoms with Gasteiger partial charge in [-0.2, -0.15) is 5.10 Å². The quantitative estimate of drug-likeness (QED) is 0.504. The first-order valence-electron chi connectivity index (χ1n) is 8.91. The number of phenols is 1. The highest BCUT2D eigenvalue weighted by molar-refractivity contribution is 9.10. The number of halogens is 1. The molecule has 4 aromatic rings. The summed E-state index contributed by atoms with van der Waals surface area (Å²) in [5.74, 6) is 0.234. The van der Waals surface area contributed by atoms with Crippen molar-refractivity contribution in [3.63, 3.8) is 0 Å². The van der Waals surface area contributed by atoms with Crippen LogP contribution in [0, 0.1) is 0 Å². The molecule has 1 aliphatic rings. The molecule has 6 nitrogen and oxygen atoms in total. The van der Waals surface area contributed by atoms with Crippen LogP contribution < -0.4 is 5.43 Å². The zero-order chi connectivity index (χ0) is 19.1. The molecule has 0 saturated heterocycles. The molecule has 2 heterocycles. The molecule has 7 heteroatoms. The van der Waals surface area contributed by atoms with Crippen molar-refractivity contribution in [3.8, 4) is 11.4 Å². The first-order chi connectivity index (χ1) is 13.7. The highest BCUT2D eigenvalue weighted by atomic mass is 79.9. The number of rotatable bonds is 3.